The second kappa shape index (κ2) is 6.06. The first-order valence-corrected chi connectivity index (χ1v) is 5.77. The summed E-state index contributed by atoms with van der Waals surface area (Å²) in [4.78, 5) is 1.35. The zero-order chi connectivity index (χ0) is 9.52. The number of aryl methyl sites for hydroxylation is 1. The maximum absolute atomic E-state index is 5.42. The van der Waals surface area contributed by atoms with Crippen LogP contribution in [0.3, 0.4) is 0 Å². The van der Waals surface area contributed by atoms with Gasteiger partial charge in [0.1, 0.15) is 0 Å². The smallest absolute Gasteiger partial charge is 0.00721 e. The van der Waals surface area contributed by atoms with Crippen molar-refractivity contribution in [2.45, 2.75) is 24.7 Å². The van der Waals surface area contributed by atoms with Gasteiger partial charge in [-0.3, -0.25) is 0 Å². The van der Waals surface area contributed by atoms with Gasteiger partial charge in [-0.1, -0.05) is 19.1 Å². The van der Waals surface area contributed by atoms with Crippen LogP contribution in [0.25, 0.3) is 0 Å². The third kappa shape index (κ3) is 3.83. The number of thioether (sulfide) groups is 1. The van der Waals surface area contributed by atoms with Crippen LogP contribution >= 0.6 is 11.8 Å². The minimum absolute atomic E-state index is 0.792. The van der Waals surface area contributed by atoms with Crippen molar-refractivity contribution in [3.63, 3.8) is 0 Å². The van der Waals surface area contributed by atoms with Crippen molar-refractivity contribution < 1.29 is 0 Å². The van der Waals surface area contributed by atoms with E-state index >= 15 is 0 Å². The zero-order valence-electron chi connectivity index (χ0n) is 8.12. The standard InChI is InChI=1S/C11H17NS/c1-2-10-4-6-11(7-5-10)13-9-3-8-12/h4-7H,2-3,8-9,12H2,1H3. The lowest BCUT2D eigenvalue weighted by Gasteiger charge is -2.01. The van der Waals surface area contributed by atoms with E-state index in [1.54, 1.807) is 0 Å². The molecule has 0 spiro atoms. The van der Waals surface area contributed by atoms with Gasteiger partial charge in [0.05, 0.1) is 0 Å². The number of hydrogen-bond donors (Lipinski definition) is 1. The molecule has 0 radical (unpaired) electrons. The van der Waals surface area contributed by atoms with E-state index in [1.165, 1.54) is 10.5 Å². The average molecular weight is 195 g/mol. The number of rotatable bonds is 5. The average Bonchev–Trinajstić information content (AvgIpc) is 2.19. The molecule has 1 aromatic rings. The van der Waals surface area contributed by atoms with E-state index in [4.69, 9.17) is 5.73 Å². The number of hydrogen-bond acceptors (Lipinski definition) is 2. The second-order valence-corrected chi connectivity index (χ2v) is 4.16. The molecule has 0 bridgehead atoms. The van der Waals surface area contributed by atoms with Gasteiger partial charge in [0, 0.05) is 4.90 Å². The molecule has 0 amide bonds. The van der Waals surface area contributed by atoms with Crippen LogP contribution in [-0.4, -0.2) is 12.3 Å². The van der Waals surface area contributed by atoms with E-state index in [-0.39, 0.29) is 0 Å². The van der Waals surface area contributed by atoms with Gasteiger partial charge < -0.3 is 5.73 Å². The summed E-state index contributed by atoms with van der Waals surface area (Å²) < 4.78 is 0. The lowest BCUT2D eigenvalue weighted by atomic mass is 10.2. The molecular weight excluding hydrogens is 178 g/mol. The Labute approximate surface area is 84.7 Å². The fourth-order valence-electron chi connectivity index (χ4n) is 1.09. The molecule has 0 unspecified atom stereocenters. The Kier molecular flexibility index (Phi) is 4.94. The van der Waals surface area contributed by atoms with Crippen LogP contribution in [0.2, 0.25) is 0 Å². The van der Waals surface area contributed by atoms with Gasteiger partial charge in [0.25, 0.3) is 0 Å². The van der Waals surface area contributed by atoms with Crippen molar-refractivity contribution in [3.05, 3.63) is 29.8 Å². The quantitative estimate of drug-likeness (QED) is 0.577. The minimum Gasteiger partial charge on any atom is -0.330 e. The van der Waals surface area contributed by atoms with Gasteiger partial charge in [0.15, 0.2) is 0 Å². The molecule has 0 aliphatic heterocycles. The molecule has 1 rings (SSSR count). The molecule has 2 N–H and O–H groups in total. The highest BCUT2D eigenvalue weighted by Gasteiger charge is 1.93. The molecule has 0 aliphatic rings. The summed E-state index contributed by atoms with van der Waals surface area (Å²) in [7, 11) is 0. The Morgan fingerprint density at radius 2 is 1.92 bits per heavy atom. The third-order valence-electron chi connectivity index (χ3n) is 1.95. The first-order chi connectivity index (χ1) is 6.36. The van der Waals surface area contributed by atoms with E-state index < -0.39 is 0 Å². The van der Waals surface area contributed by atoms with Crippen LogP contribution in [0.1, 0.15) is 18.9 Å². The van der Waals surface area contributed by atoms with Crippen LogP contribution in [0.4, 0.5) is 0 Å². The summed E-state index contributed by atoms with van der Waals surface area (Å²) in [5, 5.41) is 0. The van der Waals surface area contributed by atoms with E-state index in [1.807, 2.05) is 11.8 Å². The number of nitrogens with two attached hydrogens (primary N) is 1. The maximum Gasteiger partial charge on any atom is 0.00721 e. The van der Waals surface area contributed by atoms with Gasteiger partial charge in [-0.2, -0.15) is 0 Å². The van der Waals surface area contributed by atoms with Crippen molar-refractivity contribution in [1.82, 2.24) is 0 Å². The SMILES string of the molecule is CCc1ccc(SCCCN)cc1. The van der Waals surface area contributed by atoms with Crippen LogP contribution in [0.15, 0.2) is 29.2 Å². The van der Waals surface area contributed by atoms with Crippen LogP contribution in [0.5, 0.6) is 0 Å². The van der Waals surface area contributed by atoms with Gasteiger partial charge in [-0.15, -0.1) is 11.8 Å². The monoisotopic (exact) mass is 195 g/mol. The maximum atomic E-state index is 5.42. The topological polar surface area (TPSA) is 26.0 Å². The van der Waals surface area contributed by atoms with E-state index in [0.717, 1.165) is 25.1 Å². The molecule has 72 valence electrons. The predicted octanol–water partition coefficient (Wildman–Crippen LogP) is 2.69. The molecule has 0 saturated heterocycles. The fourth-order valence-corrected chi connectivity index (χ4v) is 1.97. The Balaban J connectivity index is 2.40. The second-order valence-electron chi connectivity index (χ2n) is 2.99. The molecule has 0 atom stereocenters. The van der Waals surface area contributed by atoms with Crippen molar-refractivity contribution in [3.8, 4) is 0 Å². The summed E-state index contributed by atoms with van der Waals surface area (Å²) in [5.41, 5.74) is 6.83. The molecule has 1 nitrogen and oxygen atoms in total. The highest BCUT2D eigenvalue weighted by Crippen LogP contribution is 2.18. The fraction of sp³-hybridized carbons (Fsp3) is 0.455. The third-order valence-corrected chi connectivity index (χ3v) is 3.05. The Hall–Kier alpha value is -0.470. The Morgan fingerprint density at radius 3 is 2.46 bits per heavy atom. The van der Waals surface area contributed by atoms with Crippen molar-refractivity contribution in [2.24, 2.45) is 5.73 Å². The van der Waals surface area contributed by atoms with Crippen LogP contribution in [-0.2, 0) is 6.42 Å². The van der Waals surface area contributed by atoms with Gasteiger partial charge in [-0.25, -0.2) is 0 Å². The van der Waals surface area contributed by atoms with Gasteiger partial charge >= 0.3 is 0 Å². The molecule has 13 heavy (non-hydrogen) atoms. The van der Waals surface area contributed by atoms with Crippen LogP contribution in [0, 0.1) is 0 Å². The summed E-state index contributed by atoms with van der Waals surface area (Å²) in [6, 6.07) is 8.79. The van der Waals surface area contributed by atoms with Crippen molar-refractivity contribution in [2.75, 3.05) is 12.3 Å². The summed E-state index contributed by atoms with van der Waals surface area (Å²) in [5.74, 6) is 1.13. The van der Waals surface area contributed by atoms with Crippen molar-refractivity contribution in [1.29, 1.82) is 0 Å². The van der Waals surface area contributed by atoms with E-state index in [0.29, 0.717) is 0 Å². The van der Waals surface area contributed by atoms with Gasteiger partial charge in [-0.05, 0) is 42.8 Å². The Morgan fingerprint density at radius 1 is 1.23 bits per heavy atom. The van der Waals surface area contributed by atoms with Gasteiger partial charge in [0.2, 0.25) is 0 Å². The lowest BCUT2D eigenvalue weighted by molar-refractivity contribution is 0.943. The minimum atomic E-state index is 0.792. The summed E-state index contributed by atoms with van der Waals surface area (Å²) in [6.45, 7) is 2.97. The first kappa shape index (κ1) is 10.6. The van der Waals surface area contributed by atoms with E-state index in [2.05, 4.69) is 31.2 Å². The molecule has 1 aromatic carbocycles. The normalized spacial score (nSPS) is 10.3. The summed E-state index contributed by atoms with van der Waals surface area (Å²) >= 11 is 1.88. The molecule has 0 aliphatic carbocycles. The van der Waals surface area contributed by atoms with Crippen molar-refractivity contribution >= 4 is 11.8 Å². The molecule has 2 heteroatoms. The summed E-state index contributed by atoms with van der Waals surface area (Å²) in [6.07, 6.45) is 2.22. The van der Waals surface area contributed by atoms with Crippen LogP contribution < -0.4 is 5.73 Å². The lowest BCUT2D eigenvalue weighted by Crippen LogP contribution is -1.99. The molecule has 0 saturated carbocycles. The molecular formula is C11H17NS. The highest BCUT2D eigenvalue weighted by atomic mass is 32.2. The highest BCUT2D eigenvalue weighted by molar-refractivity contribution is 7.99. The zero-order valence-corrected chi connectivity index (χ0v) is 8.94. The van der Waals surface area contributed by atoms with E-state index in [9.17, 15) is 0 Å². The number of benzene rings is 1. The molecule has 0 fully saturated rings. The first-order valence-electron chi connectivity index (χ1n) is 4.78. The predicted molar refractivity (Wildman–Crippen MR) is 60.2 cm³/mol. The molecule has 0 heterocycles. The molecule has 0 aromatic heterocycles. The Bertz CT molecular complexity index is 230. The largest absolute Gasteiger partial charge is 0.330 e.